The van der Waals surface area contributed by atoms with Gasteiger partial charge in [0.1, 0.15) is 0 Å². The maximum absolute atomic E-state index is 11.8. The second-order valence-electron chi connectivity index (χ2n) is 8.51. The number of hydrogen-bond donors (Lipinski definition) is 2. The van der Waals surface area contributed by atoms with Crippen molar-refractivity contribution in [2.75, 3.05) is 0 Å². The number of allylic oxidation sites excluding steroid dienone is 1. The van der Waals surface area contributed by atoms with Gasteiger partial charge in [0.25, 0.3) is 0 Å². The van der Waals surface area contributed by atoms with Gasteiger partial charge in [0.15, 0.2) is 11.4 Å². The Morgan fingerprint density at radius 3 is 2.79 bits per heavy atom. The summed E-state index contributed by atoms with van der Waals surface area (Å²) in [4.78, 5) is 11.8. The molecule has 7 atom stereocenters. The zero-order valence-electron chi connectivity index (χ0n) is 14.5. The average Bonchev–Trinajstić information content (AvgIpc) is 2.83. The summed E-state index contributed by atoms with van der Waals surface area (Å²) in [7, 11) is 0. The van der Waals surface area contributed by atoms with E-state index in [1.807, 2.05) is 6.08 Å². The second-order valence-corrected chi connectivity index (χ2v) is 8.51. The molecule has 2 N–H and O–H groups in total. The first-order valence-corrected chi connectivity index (χ1v) is 9.58. The van der Waals surface area contributed by atoms with Gasteiger partial charge >= 0.3 is 0 Å². The highest BCUT2D eigenvalue weighted by atomic mass is 16.3. The van der Waals surface area contributed by atoms with Crippen LogP contribution in [0.5, 0.6) is 0 Å². The number of carbonyl (C=O) groups is 1. The number of carbonyl (C=O) groups excluding carboxylic acids is 1. The molecule has 3 heteroatoms. The van der Waals surface area contributed by atoms with Gasteiger partial charge in [-0.15, -0.1) is 6.42 Å². The van der Waals surface area contributed by atoms with E-state index in [9.17, 15) is 15.0 Å². The van der Waals surface area contributed by atoms with E-state index in [2.05, 4.69) is 12.8 Å². The summed E-state index contributed by atoms with van der Waals surface area (Å²) in [6, 6.07) is 0. The van der Waals surface area contributed by atoms with E-state index in [1.165, 1.54) is 5.57 Å². The first-order chi connectivity index (χ1) is 11.5. The van der Waals surface area contributed by atoms with Crippen molar-refractivity contribution in [3.8, 4) is 12.3 Å². The second kappa shape index (κ2) is 5.44. The zero-order chi connectivity index (χ0) is 17.1. The molecule has 0 bridgehead atoms. The molecule has 0 unspecified atom stereocenters. The van der Waals surface area contributed by atoms with Crippen LogP contribution >= 0.6 is 0 Å². The van der Waals surface area contributed by atoms with Gasteiger partial charge in [0, 0.05) is 11.8 Å². The number of rotatable bonds is 1. The van der Waals surface area contributed by atoms with E-state index in [-0.39, 0.29) is 11.2 Å². The Morgan fingerprint density at radius 2 is 2.08 bits per heavy atom. The van der Waals surface area contributed by atoms with Crippen LogP contribution < -0.4 is 0 Å². The molecule has 3 fully saturated rings. The molecule has 3 nitrogen and oxygen atoms in total. The Balaban J connectivity index is 1.70. The lowest BCUT2D eigenvalue weighted by atomic mass is 9.49. The van der Waals surface area contributed by atoms with Crippen LogP contribution in [0.3, 0.4) is 0 Å². The zero-order valence-corrected chi connectivity index (χ0v) is 14.5. The standard InChI is InChI=1S/C21H28O3/c1-3-20-10-9-16-15-8-6-14(22)11-13(15)5-7-17(16)18(20)12-19(23)21(20,24)4-2/h2,11,15-19,23-24H,3,5-10,12H2,1H3/t15-,16+,17+,18+,19+,20-,21-/m0/s1. The average molecular weight is 328 g/mol. The SMILES string of the molecule is C#C[C@]1(O)[C@H](O)C[C@@H]2[C@@H]3CCC4=CC(=O)CC[C@@H]4[C@H]3CC[C@@]21CC. The molecule has 130 valence electrons. The normalized spacial score (nSPS) is 50.3. The lowest BCUT2D eigenvalue weighted by molar-refractivity contribution is -0.125. The van der Waals surface area contributed by atoms with Crippen molar-refractivity contribution in [1.82, 2.24) is 0 Å². The monoisotopic (exact) mass is 328 g/mol. The molecule has 4 aliphatic carbocycles. The highest BCUT2D eigenvalue weighted by Gasteiger charge is 2.67. The molecule has 0 heterocycles. The maximum Gasteiger partial charge on any atom is 0.156 e. The lowest BCUT2D eigenvalue weighted by Crippen LogP contribution is -2.55. The molecule has 0 radical (unpaired) electrons. The molecule has 0 aromatic rings. The summed E-state index contributed by atoms with van der Waals surface area (Å²) < 4.78 is 0. The van der Waals surface area contributed by atoms with Crippen molar-refractivity contribution < 1.29 is 15.0 Å². The fourth-order valence-electron chi connectivity index (χ4n) is 6.96. The first kappa shape index (κ1) is 16.4. The molecule has 0 aromatic carbocycles. The molecule has 4 aliphatic rings. The van der Waals surface area contributed by atoms with E-state index in [1.54, 1.807) is 0 Å². The minimum atomic E-state index is -1.38. The Morgan fingerprint density at radius 1 is 1.29 bits per heavy atom. The first-order valence-electron chi connectivity index (χ1n) is 9.58. The number of aliphatic hydroxyl groups excluding tert-OH is 1. The number of fused-ring (bicyclic) bond motifs is 5. The van der Waals surface area contributed by atoms with Crippen molar-refractivity contribution in [3.05, 3.63) is 11.6 Å². The van der Waals surface area contributed by atoms with Gasteiger partial charge in [-0.2, -0.15) is 0 Å². The quantitative estimate of drug-likeness (QED) is 0.728. The van der Waals surface area contributed by atoms with Crippen LogP contribution in [0, 0.1) is 41.4 Å². The third-order valence-electron chi connectivity index (χ3n) is 8.08. The summed E-state index contributed by atoms with van der Waals surface area (Å²) in [5, 5.41) is 21.7. The van der Waals surface area contributed by atoms with Gasteiger partial charge in [-0.05, 0) is 74.7 Å². The van der Waals surface area contributed by atoms with Crippen molar-refractivity contribution in [2.24, 2.45) is 29.1 Å². The molecule has 0 aliphatic heterocycles. The third kappa shape index (κ3) is 1.90. The minimum Gasteiger partial charge on any atom is -0.389 e. The highest BCUT2D eigenvalue weighted by molar-refractivity contribution is 5.91. The van der Waals surface area contributed by atoms with Crippen LogP contribution in [0.4, 0.5) is 0 Å². The Labute approximate surface area is 144 Å². The van der Waals surface area contributed by atoms with Crippen LogP contribution in [-0.2, 0) is 4.79 Å². The van der Waals surface area contributed by atoms with Crippen LogP contribution in [0.15, 0.2) is 11.6 Å². The van der Waals surface area contributed by atoms with Gasteiger partial charge in [-0.25, -0.2) is 0 Å². The molecule has 0 saturated heterocycles. The molecule has 3 saturated carbocycles. The van der Waals surface area contributed by atoms with E-state index in [0.29, 0.717) is 36.5 Å². The minimum absolute atomic E-state index is 0.288. The third-order valence-corrected chi connectivity index (χ3v) is 8.08. The predicted octanol–water partition coefficient (Wildman–Crippen LogP) is 2.85. The number of aliphatic hydroxyl groups is 2. The summed E-state index contributed by atoms with van der Waals surface area (Å²) in [5.74, 6) is 4.83. The van der Waals surface area contributed by atoms with Gasteiger partial charge < -0.3 is 10.2 Å². The van der Waals surface area contributed by atoms with E-state index >= 15 is 0 Å². The molecule has 0 amide bonds. The molecule has 4 rings (SSSR count). The van der Waals surface area contributed by atoms with Gasteiger partial charge in [-0.1, -0.05) is 18.4 Å². The summed E-state index contributed by atoms with van der Waals surface area (Å²) in [6.07, 6.45) is 13.9. The van der Waals surface area contributed by atoms with Crippen LogP contribution in [0.1, 0.15) is 58.3 Å². The number of ketones is 1. The molecule has 0 aromatic heterocycles. The Bertz CT molecular complexity index is 629. The topological polar surface area (TPSA) is 57.5 Å². The number of terminal acetylenes is 1. The molecular formula is C21H28O3. The Hall–Kier alpha value is -1.11. The Kier molecular flexibility index (Phi) is 3.71. The van der Waals surface area contributed by atoms with E-state index in [4.69, 9.17) is 6.42 Å². The van der Waals surface area contributed by atoms with Crippen molar-refractivity contribution in [1.29, 1.82) is 0 Å². The predicted molar refractivity (Wildman–Crippen MR) is 91.9 cm³/mol. The summed E-state index contributed by atoms with van der Waals surface area (Å²) in [6.45, 7) is 2.11. The lowest BCUT2D eigenvalue weighted by Gasteiger charge is -2.55. The van der Waals surface area contributed by atoms with Gasteiger partial charge in [-0.3, -0.25) is 4.79 Å². The van der Waals surface area contributed by atoms with Gasteiger partial charge in [0.05, 0.1) is 6.10 Å². The highest BCUT2D eigenvalue weighted by Crippen LogP contribution is 2.66. The van der Waals surface area contributed by atoms with Crippen molar-refractivity contribution >= 4 is 5.78 Å². The van der Waals surface area contributed by atoms with Crippen LogP contribution in [0.25, 0.3) is 0 Å². The van der Waals surface area contributed by atoms with Crippen molar-refractivity contribution in [3.63, 3.8) is 0 Å². The largest absolute Gasteiger partial charge is 0.389 e. The molecule has 24 heavy (non-hydrogen) atoms. The van der Waals surface area contributed by atoms with Crippen LogP contribution in [0.2, 0.25) is 0 Å². The smallest absolute Gasteiger partial charge is 0.156 e. The molecule has 0 spiro atoms. The van der Waals surface area contributed by atoms with Gasteiger partial charge in [0.2, 0.25) is 0 Å². The number of hydrogen-bond acceptors (Lipinski definition) is 3. The van der Waals surface area contributed by atoms with Crippen molar-refractivity contribution in [2.45, 2.75) is 70.0 Å². The van der Waals surface area contributed by atoms with E-state index < -0.39 is 11.7 Å². The molecular weight excluding hydrogens is 300 g/mol. The fourth-order valence-corrected chi connectivity index (χ4v) is 6.96. The maximum atomic E-state index is 11.8. The van der Waals surface area contributed by atoms with E-state index in [0.717, 1.165) is 38.5 Å². The summed E-state index contributed by atoms with van der Waals surface area (Å²) in [5.41, 5.74) is -0.355. The fraction of sp³-hybridized carbons (Fsp3) is 0.762. The summed E-state index contributed by atoms with van der Waals surface area (Å²) >= 11 is 0. The van der Waals surface area contributed by atoms with Crippen LogP contribution in [-0.4, -0.2) is 27.7 Å².